The van der Waals surface area contributed by atoms with E-state index in [9.17, 15) is 4.79 Å². The lowest BCUT2D eigenvalue weighted by Crippen LogP contribution is -2.33. The fraction of sp³-hybridized carbons (Fsp3) is 0.320. The van der Waals surface area contributed by atoms with Crippen molar-refractivity contribution < 1.29 is 4.79 Å². The van der Waals surface area contributed by atoms with Crippen molar-refractivity contribution in [2.24, 2.45) is 11.8 Å². The fourth-order valence-corrected chi connectivity index (χ4v) is 3.69. The first kappa shape index (κ1) is 18.8. The maximum Gasteiger partial charge on any atom is 0.246 e. The molecule has 0 saturated heterocycles. The molecule has 0 atom stereocenters. The van der Waals surface area contributed by atoms with Gasteiger partial charge >= 0.3 is 0 Å². The summed E-state index contributed by atoms with van der Waals surface area (Å²) in [5.41, 5.74) is 3.66. The summed E-state index contributed by atoms with van der Waals surface area (Å²) in [6.45, 7) is 1.80. The predicted octanol–water partition coefficient (Wildman–Crippen LogP) is 4.60. The molecular weight excluding hydrogens is 372 g/mol. The second-order valence-corrected chi connectivity index (χ2v) is 8.42. The highest BCUT2D eigenvalue weighted by molar-refractivity contribution is 5.93. The summed E-state index contributed by atoms with van der Waals surface area (Å²) in [5.74, 6) is 1.51. The highest BCUT2D eigenvalue weighted by atomic mass is 16.2. The Hall–Kier alpha value is -3.21. The van der Waals surface area contributed by atoms with E-state index in [1.165, 1.54) is 25.7 Å². The van der Waals surface area contributed by atoms with Crippen LogP contribution in [0, 0.1) is 11.8 Å². The topological polar surface area (TPSA) is 51.0 Å². The number of pyridine rings is 1. The first-order valence-electron chi connectivity index (χ1n) is 10.8. The summed E-state index contributed by atoms with van der Waals surface area (Å²) in [6.07, 6.45) is 14.2. The second kappa shape index (κ2) is 8.27. The molecule has 3 aromatic rings. The average Bonchev–Trinajstić information content (AvgIpc) is 3.73. The van der Waals surface area contributed by atoms with Crippen LogP contribution in [-0.2, 0) is 4.79 Å². The van der Waals surface area contributed by atoms with Gasteiger partial charge in [-0.15, -0.1) is 0 Å². The molecule has 2 aliphatic rings. The lowest BCUT2D eigenvalue weighted by atomic mass is 10.1. The van der Waals surface area contributed by atoms with Gasteiger partial charge in [0, 0.05) is 48.9 Å². The Morgan fingerprint density at radius 1 is 1.03 bits per heavy atom. The third-order valence-corrected chi connectivity index (χ3v) is 5.77. The number of rotatable bonds is 8. The summed E-state index contributed by atoms with van der Waals surface area (Å²) < 4.78 is 1.86. The number of carbonyl (C=O) groups is 1. The maximum absolute atomic E-state index is 13.0. The quantitative estimate of drug-likeness (QED) is 0.521. The van der Waals surface area contributed by atoms with Crippen molar-refractivity contribution in [2.75, 3.05) is 13.1 Å². The van der Waals surface area contributed by atoms with E-state index < -0.39 is 0 Å². The minimum absolute atomic E-state index is 0.110. The molecular formula is C25H26N4O. The standard InChI is InChI=1S/C25H26N4O/c30-24(28(16-19-8-9-19)17-20-10-11-20)13-12-22-18-29(23-6-2-1-3-7-23)27-25(22)21-5-4-14-26-15-21/h1-7,12-15,18-20H,8-11,16-17H2. The van der Waals surface area contributed by atoms with Crippen LogP contribution in [0.3, 0.4) is 0 Å². The number of hydrogen-bond donors (Lipinski definition) is 0. The molecule has 0 bridgehead atoms. The van der Waals surface area contributed by atoms with Crippen LogP contribution in [0.2, 0.25) is 0 Å². The zero-order valence-corrected chi connectivity index (χ0v) is 17.0. The molecule has 0 N–H and O–H groups in total. The van der Waals surface area contributed by atoms with Crippen LogP contribution in [-0.4, -0.2) is 38.7 Å². The van der Waals surface area contributed by atoms with Crippen LogP contribution < -0.4 is 0 Å². The Morgan fingerprint density at radius 2 is 1.77 bits per heavy atom. The van der Waals surface area contributed by atoms with Gasteiger partial charge in [-0.3, -0.25) is 9.78 Å². The van der Waals surface area contributed by atoms with Crippen LogP contribution in [0.15, 0.2) is 67.1 Å². The van der Waals surface area contributed by atoms with Gasteiger partial charge in [0.2, 0.25) is 5.91 Å². The van der Waals surface area contributed by atoms with Gasteiger partial charge in [0.1, 0.15) is 5.69 Å². The molecule has 2 heterocycles. The molecule has 30 heavy (non-hydrogen) atoms. The normalized spacial score (nSPS) is 16.1. The van der Waals surface area contributed by atoms with Crippen LogP contribution in [0.1, 0.15) is 31.2 Å². The number of amides is 1. The fourth-order valence-electron chi connectivity index (χ4n) is 3.69. The number of nitrogens with zero attached hydrogens (tertiary/aromatic N) is 4. The van der Waals surface area contributed by atoms with Gasteiger partial charge in [-0.2, -0.15) is 5.10 Å². The zero-order chi connectivity index (χ0) is 20.3. The minimum Gasteiger partial charge on any atom is -0.339 e. The summed E-state index contributed by atoms with van der Waals surface area (Å²) in [6, 6.07) is 13.9. The first-order valence-corrected chi connectivity index (χ1v) is 10.8. The molecule has 0 radical (unpaired) electrons. The van der Waals surface area contributed by atoms with Crippen molar-refractivity contribution >= 4 is 12.0 Å². The van der Waals surface area contributed by atoms with E-state index in [0.29, 0.717) is 11.8 Å². The Balaban J connectivity index is 1.43. The molecule has 0 aliphatic heterocycles. The van der Waals surface area contributed by atoms with Crippen LogP contribution in [0.5, 0.6) is 0 Å². The van der Waals surface area contributed by atoms with Crippen LogP contribution in [0.25, 0.3) is 23.0 Å². The van der Waals surface area contributed by atoms with Crippen molar-refractivity contribution in [3.63, 3.8) is 0 Å². The molecule has 1 amide bonds. The van der Waals surface area contributed by atoms with Gasteiger partial charge in [0.15, 0.2) is 0 Å². The Bertz CT molecular complexity index is 1020. The number of aromatic nitrogens is 3. The van der Waals surface area contributed by atoms with Crippen molar-refractivity contribution in [1.82, 2.24) is 19.7 Å². The molecule has 0 unspecified atom stereocenters. The second-order valence-electron chi connectivity index (χ2n) is 8.42. The maximum atomic E-state index is 13.0. The smallest absolute Gasteiger partial charge is 0.246 e. The van der Waals surface area contributed by atoms with E-state index in [-0.39, 0.29) is 5.91 Å². The lowest BCUT2D eigenvalue weighted by molar-refractivity contribution is -0.126. The van der Waals surface area contributed by atoms with Gasteiger partial charge in [0.25, 0.3) is 0 Å². The van der Waals surface area contributed by atoms with E-state index in [2.05, 4.69) is 9.88 Å². The monoisotopic (exact) mass is 398 g/mol. The van der Waals surface area contributed by atoms with Crippen molar-refractivity contribution in [1.29, 1.82) is 0 Å². The molecule has 152 valence electrons. The highest BCUT2D eigenvalue weighted by Crippen LogP contribution is 2.34. The van der Waals surface area contributed by atoms with E-state index in [1.807, 2.05) is 65.6 Å². The minimum atomic E-state index is 0.110. The van der Waals surface area contributed by atoms with Gasteiger partial charge in [0.05, 0.1) is 5.69 Å². The molecule has 2 aliphatic carbocycles. The lowest BCUT2D eigenvalue weighted by Gasteiger charge is -2.20. The Kier molecular flexibility index (Phi) is 5.18. The van der Waals surface area contributed by atoms with Gasteiger partial charge in [-0.05, 0) is 67.9 Å². The highest BCUT2D eigenvalue weighted by Gasteiger charge is 2.30. The average molecular weight is 399 g/mol. The Labute approximate surface area is 177 Å². The van der Waals surface area contributed by atoms with E-state index in [4.69, 9.17) is 5.10 Å². The predicted molar refractivity (Wildman–Crippen MR) is 118 cm³/mol. The molecule has 5 heteroatoms. The summed E-state index contributed by atoms with van der Waals surface area (Å²) >= 11 is 0. The van der Waals surface area contributed by atoms with E-state index in [0.717, 1.165) is 35.6 Å². The first-order chi connectivity index (χ1) is 14.8. The summed E-state index contributed by atoms with van der Waals surface area (Å²) in [4.78, 5) is 19.3. The third-order valence-electron chi connectivity index (χ3n) is 5.77. The van der Waals surface area contributed by atoms with E-state index >= 15 is 0 Å². The molecule has 1 aromatic carbocycles. The molecule has 5 rings (SSSR count). The van der Waals surface area contributed by atoms with E-state index in [1.54, 1.807) is 12.3 Å². The molecule has 2 fully saturated rings. The zero-order valence-electron chi connectivity index (χ0n) is 17.0. The van der Waals surface area contributed by atoms with Crippen LogP contribution in [0.4, 0.5) is 0 Å². The SMILES string of the molecule is O=C(C=Cc1cn(-c2ccccc2)nc1-c1cccnc1)N(CC1CC1)CC1CC1. The number of para-hydroxylation sites is 1. The number of benzene rings is 1. The van der Waals surface area contributed by atoms with Crippen molar-refractivity contribution in [3.05, 3.63) is 72.7 Å². The van der Waals surface area contributed by atoms with Crippen molar-refractivity contribution in [2.45, 2.75) is 25.7 Å². The summed E-state index contributed by atoms with van der Waals surface area (Å²) in [7, 11) is 0. The largest absolute Gasteiger partial charge is 0.339 e. The summed E-state index contributed by atoms with van der Waals surface area (Å²) in [5, 5.41) is 4.79. The van der Waals surface area contributed by atoms with Gasteiger partial charge in [-0.25, -0.2) is 4.68 Å². The van der Waals surface area contributed by atoms with Crippen molar-refractivity contribution in [3.8, 4) is 16.9 Å². The van der Waals surface area contributed by atoms with Gasteiger partial charge < -0.3 is 4.90 Å². The third kappa shape index (κ3) is 4.51. The molecule has 2 aromatic heterocycles. The number of carbonyl (C=O) groups excluding carboxylic acids is 1. The molecule has 5 nitrogen and oxygen atoms in total. The number of hydrogen-bond acceptors (Lipinski definition) is 3. The van der Waals surface area contributed by atoms with Gasteiger partial charge in [-0.1, -0.05) is 18.2 Å². The van der Waals surface area contributed by atoms with Crippen LogP contribution >= 0.6 is 0 Å². The molecule has 0 spiro atoms. The molecule has 2 saturated carbocycles. The Morgan fingerprint density at radius 3 is 2.40 bits per heavy atom.